The molecular weight excluding hydrogens is 232 g/mol. The predicted octanol–water partition coefficient (Wildman–Crippen LogP) is 2.55. The van der Waals surface area contributed by atoms with Crippen LogP contribution in [0.15, 0.2) is 36.4 Å². The topological polar surface area (TPSA) is 52.6 Å². The Hall–Kier alpha value is -2.36. The summed E-state index contributed by atoms with van der Waals surface area (Å²) < 4.78 is 9.82. The first kappa shape index (κ1) is 12.1. The molecule has 0 bridgehead atoms. The van der Waals surface area contributed by atoms with Crippen molar-refractivity contribution in [3.8, 4) is 5.75 Å². The molecule has 2 aromatic rings. The molecule has 92 valence electrons. The molecule has 0 aliphatic heterocycles. The number of fused-ring (bicyclic) bond motifs is 1. The van der Waals surface area contributed by atoms with E-state index in [-0.39, 0.29) is 0 Å². The molecule has 0 N–H and O–H groups in total. The number of hydrogen-bond donors (Lipinski definition) is 0. The standard InChI is InChI=1S/C14H12O4/c1-9(15)18-13-8-7-12(14(16)17-2)10-5-3-4-6-11(10)13/h3-8H,1-2H3. The van der Waals surface area contributed by atoms with Gasteiger partial charge in [0.05, 0.1) is 12.7 Å². The summed E-state index contributed by atoms with van der Waals surface area (Å²) in [6, 6.07) is 10.4. The van der Waals surface area contributed by atoms with E-state index in [0.717, 1.165) is 0 Å². The molecule has 4 nitrogen and oxygen atoms in total. The zero-order valence-electron chi connectivity index (χ0n) is 10.1. The van der Waals surface area contributed by atoms with E-state index in [0.29, 0.717) is 22.1 Å². The van der Waals surface area contributed by atoms with Crippen molar-refractivity contribution in [2.75, 3.05) is 7.11 Å². The van der Waals surface area contributed by atoms with E-state index in [1.807, 2.05) is 12.1 Å². The summed E-state index contributed by atoms with van der Waals surface area (Å²) >= 11 is 0. The van der Waals surface area contributed by atoms with Crippen LogP contribution in [0.1, 0.15) is 17.3 Å². The molecule has 0 heterocycles. The van der Waals surface area contributed by atoms with Gasteiger partial charge in [0.25, 0.3) is 0 Å². The molecule has 2 rings (SSSR count). The Balaban J connectivity index is 2.66. The van der Waals surface area contributed by atoms with Crippen LogP contribution in [-0.4, -0.2) is 19.0 Å². The van der Waals surface area contributed by atoms with Crippen molar-refractivity contribution in [1.82, 2.24) is 0 Å². The summed E-state index contributed by atoms with van der Waals surface area (Å²) in [5.74, 6) is -0.378. The van der Waals surface area contributed by atoms with Crippen LogP contribution in [0.25, 0.3) is 10.8 Å². The minimum atomic E-state index is -0.416. The molecule has 0 unspecified atom stereocenters. The lowest BCUT2D eigenvalue weighted by Crippen LogP contribution is -2.05. The van der Waals surface area contributed by atoms with Crippen molar-refractivity contribution in [3.63, 3.8) is 0 Å². The van der Waals surface area contributed by atoms with Gasteiger partial charge in [-0.15, -0.1) is 0 Å². The molecule has 0 saturated heterocycles. The monoisotopic (exact) mass is 244 g/mol. The van der Waals surface area contributed by atoms with Gasteiger partial charge < -0.3 is 9.47 Å². The Kier molecular flexibility index (Phi) is 3.28. The predicted molar refractivity (Wildman–Crippen MR) is 66.6 cm³/mol. The van der Waals surface area contributed by atoms with Gasteiger partial charge in [-0.05, 0) is 17.5 Å². The fourth-order valence-electron chi connectivity index (χ4n) is 1.80. The molecule has 0 spiro atoms. The van der Waals surface area contributed by atoms with Crippen LogP contribution in [0.2, 0.25) is 0 Å². The zero-order chi connectivity index (χ0) is 13.1. The SMILES string of the molecule is COC(=O)c1ccc(OC(C)=O)c2ccccc12. The van der Waals surface area contributed by atoms with Gasteiger partial charge in [-0.25, -0.2) is 4.79 Å². The first-order valence-electron chi connectivity index (χ1n) is 5.42. The minimum Gasteiger partial charge on any atom is -0.465 e. The summed E-state index contributed by atoms with van der Waals surface area (Å²) in [4.78, 5) is 22.6. The lowest BCUT2D eigenvalue weighted by atomic mass is 10.0. The van der Waals surface area contributed by atoms with Gasteiger partial charge in [0.1, 0.15) is 5.75 Å². The second-order valence-corrected chi connectivity index (χ2v) is 3.74. The smallest absolute Gasteiger partial charge is 0.338 e. The average Bonchev–Trinajstić information content (AvgIpc) is 2.38. The van der Waals surface area contributed by atoms with E-state index < -0.39 is 11.9 Å². The van der Waals surface area contributed by atoms with Crippen molar-refractivity contribution in [3.05, 3.63) is 42.0 Å². The normalized spacial score (nSPS) is 10.1. The summed E-state index contributed by atoms with van der Waals surface area (Å²) in [5, 5.41) is 1.40. The second kappa shape index (κ2) is 4.87. The maximum Gasteiger partial charge on any atom is 0.338 e. The van der Waals surface area contributed by atoms with E-state index in [4.69, 9.17) is 9.47 Å². The summed E-state index contributed by atoms with van der Waals surface area (Å²) in [6.45, 7) is 1.34. The van der Waals surface area contributed by atoms with Gasteiger partial charge in [-0.1, -0.05) is 24.3 Å². The Morgan fingerprint density at radius 3 is 2.28 bits per heavy atom. The van der Waals surface area contributed by atoms with E-state index in [2.05, 4.69) is 0 Å². The third-order valence-corrected chi connectivity index (χ3v) is 2.54. The Morgan fingerprint density at radius 2 is 1.67 bits per heavy atom. The highest BCUT2D eigenvalue weighted by atomic mass is 16.5. The highest BCUT2D eigenvalue weighted by Gasteiger charge is 2.13. The van der Waals surface area contributed by atoms with Gasteiger partial charge >= 0.3 is 11.9 Å². The van der Waals surface area contributed by atoms with E-state index in [9.17, 15) is 9.59 Å². The Morgan fingerprint density at radius 1 is 1.00 bits per heavy atom. The summed E-state index contributed by atoms with van der Waals surface area (Å²) in [7, 11) is 1.33. The maximum atomic E-state index is 11.6. The highest BCUT2D eigenvalue weighted by molar-refractivity contribution is 6.06. The molecule has 0 aliphatic rings. The van der Waals surface area contributed by atoms with Crippen molar-refractivity contribution < 1.29 is 19.1 Å². The van der Waals surface area contributed by atoms with Gasteiger partial charge in [-0.3, -0.25) is 4.79 Å². The van der Waals surface area contributed by atoms with Crippen LogP contribution in [-0.2, 0) is 9.53 Å². The molecule has 4 heteroatoms. The molecule has 0 saturated carbocycles. The lowest BCUT2D eigenvalue weighted by molar-refractivity contribution is -0.131. The average molecular weight is 244 g/mol. The van der Waals surface area contributed by atoms with Crippen molar-refractivity contribution in [2.45, 2.75) is 6.92 Å². The zero-order valence-corrected chi connectivity index (χ0v) is 10.1. The number of carbonyl (C=O) groups excluding carboxylic acids is 2. The van der Waals surface area contributed by atoms with E-state index >= 15 is 0 Å². The molecule has 0 amide bonds. The number of esters is 2. The third-order valence-electron chi connectivity index (χ3n) is 2.54. The summed E-state index contributed by atoms with van der Waals surface area (Å²) in [5.41, 5.74) is 0.448. The molecule has 0 aromatic heterocycles. The molecule has 0 atom stereocenters. The number of hydrogen-bond acceptors (Lipinski definition) is 4. The van der Waals surface area contributed by atoms with Gasteiger partial charge in [0.2, 0.25) is 0 Å². The third kappa shape index (κ3) is 2.18. The van der Waals surface area contributed by atoms with Crippen LogP contribution >= 0.6 is 0 Å². The highest BCUT2D eigenvalue weighted by Crippen LogP contribution is 2.29. The quantitative estimate of drug-likeness (QED) is 0.601. The number of methoxy groups -OCH3 is 1. The van der Waals surface area contributed by atoms with Crippen LogP contribution in [0.5, 0.6) is 5.75 Å². The fourth-order valence-corrected chi connectivity index (χ4v) is 1.80. The Bertz CT molecular complexity index is 616. The van der Waals surface area contributed by atoms with E-state index in [1.54, 1.807) is 24.3 Å². The molecule has 2 aromatic carbocycles. The Labute approximate surface area is 104 Å². The molecule has 0 fully saturated rings. The number of rotatable bonds is 2. The fraction of sp³-hybridized carbons (Fsp3) is 0.143. The minimum absolute atomic E-state index is 0.397. The van der Waals surface area contributed by atoms with Crippen molar-refractivity contribution >= 4 is 22.7 Å². The van der Waals surface area contributed by atoms with Crippen molar-refractivity contribution in [2.24, 2.45) is 0 Å². The summed E-state index contributed by atoms with van der Waals surface area (Å²) in [6.07, 6.45) is 0. The lowest BCUT2D eigenvalue weighted by Gasteiger charge is -2.09. The molecular formula is C14H12O4. The van der Waals surface area contributed by atoms with Crippen LogP contribution in [0.3, 0.4) is 0 Å². The molecule has 18 heavy (non-hydrogen) atoms. The van der Waals surface area contributed by atoms with Crippen molar-refractivity contribution in [1.29, 1.82) is 0 Å². The van der Waals surface area contributed by atoms with Crippen LogP contribution in [0.4, 0.5) is 0 Å². The largest absolute Gasteiger partial charge is 0.465 e. The number of benzene rings is 2. The van der Waals surface area contributed by atoms with Gasteiger partial charge in [-0.2, -0.15) is 0 Å². The first-order valence-corrected chi connectivity index (χ1v) is 5.42. The van der Waals surface area contributed by atoms with Crippen LogP contribution < -0.4 is 4.74 Å². The first-order chi connectivity index (χ1) is 8.63. The van der Waals surface area contributed by atoms with Gasteiger partial charge in [0, 0.05) is 12.3 Å². The number of carbonyl (C=O) groups is 2. The van der Waals surface area contributed by atoms with E-state index in [1.165, 1.54) is 14.0 Å². The number of ether oxygens (including phenoxy) is 2. The molecule has 0 radical (unpaired) electrons. The molecule has 0 aliphatic carbocycles. The van der Waals surface area contributed by atoms with Crippen LogP contribution in [0, 0.1) is 0 Å². The van der Waals surface area contributed by atoms with Gasteiger partial charge in [0.15, 0.2) is 0 Å². The second-order valence-electron chi connectivity index (χ2n) is 3.74. The maximum absolute atomic E-state index is 11.6.